The summed E-state index contributed by atoms with van der Waals surface area (Å²) in [6, 6.07) is 0. The summed E-state index contributed by atoms with van der Waals surface area (Å²) in [5.41, 5.74) is 1.89. The molecule has 0 aliphatic carbocycles. The molecule has 3 aliphatic rings. The quantitative estimate of drug-likeness (QED) is 0.640. The molecule has 2 saturated heterocycles. The highest BCUT2D eigenvalue weighted by molar-refractivity contribution is 5.90. The van der Waals surface area contributed by atoms with Gasteiger partial charge >= 0.3 is 5.97 Å². The molecule has 5 nitrogen and oxygen atoms in total. The van der Waals surface area contributed by atoms with Crippen molar-refractivity contribution in [3.8, 4) is 0 Å². The lowest BCUT2D eigenvalue weighted by Gasteiger charge is -2.31. The van der Waals surface area contributed by atoms with E-state index in [-0.39, 0.29) is 11.3 Å². The van der Waals surface area contributed by atoms with Crippen molar-refractivity contribution in [2.45, 2.75) is 65.6 Å². The zero-order chi connectivity index (χ0) is 20.7. The molecule has 0 radical (unpaired) electrons. The van der Waals surface area contributed by atoms with Crippen LogP contribution in [-0.2, 0) is 14.3 Å². The number of hydrogen-bond donors (Lipinski definition) is 1. The highest BCUT2D eigenvalue weighted by Gasteiger charge is 2.67. The second-order valence-electron chi connectivity index (χ2n) is 9.67. The maximum atomic E-state index is 13.0. The second kappa shape index (κ2) is 7.51. The molecule has 0 aromatic rings. The van der Waals surface area contributed by atoms with Gasteiger partial charge in [-0.25, -0.2) is 0 Å². The van der Waals surface area contributed by atoms with Crippen molar-refractivity contribution >= 4 is 11.9 Å². The minimum atomic E-state index is -0.939. The standard InChI is InChI=1S/C23H33NO4/c1-15(2)7-6-8-16(3)9-11-22(4,5)13-24-14-23-12-10-17(28-23)18(21(26)27)19(23)20(24)25/h7,9-10,12,17-19H,6,8,11,13-14H2,1-5H3,(H,26,27)/b16-9+/t17-,18+,19-,23+/m1/s1. The number of rotatable bonds is 8. The normalized spacial score (nSPS) is 31.5. The first-order chi connectivity index (χ1) is 13.0. The lowest BCUT2D eigenvalue weighted by atomic mass is 9.77. The van der Waals surface area contributed by atoms with Crippen molar-refractivity contribution in [3.05, 3.63) is 35.5 Å². The first kappa shape index (κ1) is 20.8. The van der Waals surface area contributed by atoms with Gasteiger partial charge in [-0.05, 0) is 45.4 Å². The largest absolute Gasteiger partial charge is 0.481 e. The van der Waals surface area contributed by atoms with Crippen molar-refractivity contribution in [3.63, 3.8) is 0 Å². The van der Waals surface area contributed by atoms with Gasteiger partial charge in [0.2, 0.25) is 5.91 Å². The van der Waals surface area contributed by atoms with Gasteiger partial charge in [-0.3, -0.25) is 9.59 Å². The summed E-state index contributed by atoms with van der Waals surface area (Å²) in [6.45, 7) is 11.8. The van der Waals surface area contributed by atoms with Crippen LogP contribution in [0.1, 0.15) is 53.9 Å². The van der Waals surface area contributed by atoms with Gasteiger partial charge in [0, 0.05) is 6.54 Å². The van der Waals surface area contributed by atoms with Gasteiger partial charge < -0.3 is 14.7 Å². The number of carboxylic acid groups (broad SMARTS) is 1. The smallest absolute Gasteiger partial charge is 0.310 e. The van der Waals surface area contributed by atoms with Crippen molar-refractivity contribution in [2.75, 3.05) is 13.1 Å². The molecule has 0 aromatic heterocycles. The summed E-state index contributed by atoms with van der Waals surface area (Å²) in [4.78, 5) is 26.5. The molecule has 1 N–H and O–H groups in total. The predicted molar refractivity (Wildman–Crippen MR) is 109 cm³/mol. The zero-order valence-corrected chi connectivity index (χ0v) is 17.7. The van der Waals surface area contributed by atoms with E-state index < -0.39 is 29.5 Å². The summed E-state index contributed by atoms with van der Waals surface area (Å²) in [6.07, 6.45) is 10.8. The van der Waals surface area contributed by atoms with Gasteiger partial charge in [0.15, 0.2) is 0 Å². The molecule has 0 aromatic carbocycles. The molecular weight excluding hydrogens is 354 g/mol. The third-order valence-corrected chi connectivity index (χ3v) is 6.18. The Labute approximate surface area is 168 Å². The topological polar surface area (TPSA) is 66.8 Å². The highest BCUT2D eigenvalue weighted by Crippen LogP contribution is 2.52. The van der Waals surface area contributed by atoms with Crippen molar-refractivity contribution in [1.82, 2.24) is 4.90 Å². The number of allylic oxidation sites excluding steroid dienone is 4. The molecule has 1 amide bonds. The van der Waals surface area contributed by atoms with Crippen LogP contribution in [0.25, 0.3) is 0 Å². The molecule has 1 spiro atoms. The van der Waals surface area contributed by atoms with Crippen LogP contribution in [0.15, 0.2) is 35.5 Å². The Balaban J connectivity index is 1.62. The number of carbonyl (C=O) groups is 2. The van der Waals surface area contributed by atoms with E-state index in [1.54, 1.807) is 0 Å². The molecule has 3 heterocycles. The Morgan fingerprint density at radius 3 is 2.71 bits per heavy atom. The van der Waals surface area contributed by atoms with E-state index in [4.69, 9.17) is 4.74 Å². The molecular formula is C23H33NO4. The van der Waals surface area contributed by atoms with Crippen LogP contribution >= 0.6 is 0 Å². The van der Waals surface area contributed by atoms with E-state index in [2.05, 4.69) is 46.8 Å². The van der Waals surface area contributed by atoms with Gasteiger partial charge in [-0.1, -0.05) is 49.3 Å². The van der Waals surface area contributed by atoms with E-state index in [1.807, 2.05) is 17.1 Å². The van der Waals surface area contributed by atoms with Crippen LogP contribution in [0.2, 0.25) is 0 Å². The summed E-state index contributed by atoms with van der Waals surface area (Å²) in [7, 11) is 0. The lowest BCUT2D eigenvalue weighted by molar-refractivity contribution is -0.148. The number of amides is 1. The number of fused-ring (bicyclic) bond motifs is 1. The van der Waals surface area contributed by atoms with Crippen LogP contribution in [-0.4, -0.2) is 46.7 Å². The molecule has 3 rings (SSSR count). The van der Waals surface area contributed by atoms with Crippen molar-refractivity contribution in [1.29, 1.82) is 0 Å². The number of nitrogens with zero attached hydrogens (tertiary/aromatic N) is 1. The fourth-order valence-electron chi connectivity index (χ4n) is 4.72. The molecule has 2 fully saturated rings. The lowest BCUT2D eigenvalue weighted by Crippen LogP contribution is -2.40. The highest BCUT2D eigenvalue weighted by atomic mass is 16.5. The molecule has 5 heteroatoms. The van der Waals surface area contributed by atoms with Crippen LogP contribution in [0, 0.1) is 17.3 Å². The van der Waals surface area contributed by atoms with Gasteiger partial charge in [0.1, 0.15) is 11.5 Å². The van der Waals surface area contributed by atoms with E-state index in [1.165, 1.54) is 11.1 Å². The Kier molecular flexibility index (Phi) is 5.59. The van der Waals surface area contributed by atoms with Gasteiger partial charge in [-0.2, -0.15) is 0 Å². The molecule has 4 atom stereocenters. The van der Waals surface area contributed by atoms with E-state index in [9.17, 15) is 14.7 Å². The number of ether oxygens (including phenoxy) is 1. The average molecular weight is 388 g/mol. The molecule has 0 unspecified atom stereocenters. The maximum Gasteiger partial charge on any atom is 0.310 e. The third kappa shape index (κ3) is 3.95. The number of likely N-dealkylation sites (tertiary alicyclic amines) is 1. The van der Waals surface area contributed by atoms with Crippen molar-refractivity contribution < 1.29 is 19.4 Å². The van der Waals surface area contributed by atoms with Gasteiger partial charge in [0.05, 0.1) is 18.6 Å². The number of carbonyl (C=O) groups excluding carboxylic acids is 1. The average Bonchev–Trinajstić information content (AvgIpc) is 3.21. The molecule has 0 saturated carbocycles. The number of hydrogen-bond acceptors (Lipinski definition) is 3. The molecule has 3 aliphatic heterocycles. The monoisotopic (exact) mass is 387 g/mol. The van der Waals surface area contributed by atoms with Crippen LogP contribution in [0.3, 0.4) is 0 Å². The maximum absolute atomic E-state index is 13.0. The Bertz CT molecular complexity index is 744. The van der Waals surface area contributed by atoms with Gasteiger partial charge in [-0.15, -0.1) is 0 Å². The molecule has 28 heavy (non-hydrogen) atoms. The number of carboxylic acids is 1. The Morgan fingerprint density at radius 2 is 2.07 bits per heavy atom. The van der Waals surface area contributed by atoms with Crippen LogP contribution < -0.4 is 0 Å². The third-order valence-electron chi connectivity index (χ3n) is 6.18. The Morgan fingerprint density at radius 1 is 1.36 bits per heavy atom. The van der Waals surface area contributed by atoms with Crippen LogP contribution in [0.5, 0.6) is 0 Å². The first-order valence-electron chi connectivity index (χ1n) is 10.2. The minimum absolute atomic E-state index is 0.0726. The fourth-order valence-corrected chi connectivity index (χ4v) is 4.72. The predicted octanol–water partition coefficient (Wildman–Crippen LogP) is 3.96. The van der Waals surface area contributed by atoms with Crippen molar-refractivity contribution in [2.24, 2.45) is 17.3 Å². The van der Waals surface area contributed by atoms with E-state index in [0.29, 0.717) is 13.1 Å². The summed E-state index contributed by atoms with van der Waals surface area (Å²) in [5, 5.41) is 9.57. The zero-order valence-electron chi connectivity index (χ0n) is 17.7. The minimum Gasteiger partial charge on any atom is -0.481 e. The van der Waals surface area contributed by atoms with E-state index >= 15 is 0 Å². The first-order valence-corrected chi connectivity index (χ1v) is 10.2. The van der Waals surface area contributed by atoms with E-state index in [0.717, 1.165) is 19.3 Å². The second-order valence-corrected chi connectivity index (χ2v) is 9.67. The fraction of sp³-hybridized carbons (Fsp3) is 0.652. The Hall–Kier alpha value is -1.88. The SMILES string of the molecule is CC(C)=CCC/C(C)=C/CC(C)(C)CN1C[C@]23C=C[C@@H](O2)[C@H](C(=O)O)[C@@H]3C1=O. The summed E-state index contributed by atoms with van der Waals surface area (Å²) >= 11 is 0. The summed E-state index contributed by atoms with van der Waals surface area (Å²) < 4.78 is 5.96. The molecule has 154 valence electrons. The summed E-state index contributed by atoms with van der Waals surface area (Å²) in [5.74, 6) is -2.36. The van der Waals surface area contributed by atoms with Gasteiger partial charge in [0.25, 0.3) is 0 Å². The van der Waals surface area contributed by atoms with Crippen LogP contribution in [0.4, 0.5) is 0 Å². The molecule has 2 bridgehead atoms. The number of aliphatic carboxylic acids is 1.